The molecule has 0 aliphatic carbocycles. The second-order valence-corrected chi connectivity index (χ2v) is 20.3. The monoisotopic (exact) mass is 981 g/mol. The molecule has 2 aliphatic rings. The summed E-state index contributed by atoms with van der Waals surface area (Å²) in [6, 6.07) is 12.9. The lowest BCUT2D eigenvalue weighted by Gasteiger charge is -2.33. The van der Waals surface area contributed by atoms with Crippen molar-refractivity contribution in [3.8, 4) is 40.1 Å². The van der Waals surface area contributed by atoms with Gasteiger partial charge < -0.3 is 20.0 Å². The summed E-state index contributed by atoms with van der Waals surface area (Å²) in [6.45, 7) is 12.4. The van der Waals surface area contributed by atoms with Gasteiger partial charge in [0.1, 0.15) is 39.5 Å². The largest absolute Gasteiger partial charge is 0.392 e. The summed E-state index contributed by atoms with van der Waals surface area (Å²) in [5.74, 6) is -1.14. The molecule has 0 amide bonds. The molecule has 2 N–H and O–H groups in total. The molecule has 8 aromatic heterocycles. The molecule has 2 aliphatic heterocycles. The average molecular weight is 982 g/mol. The predicted octanol–water partition coefficient (Wildman–Crippen LogP) is 7.36. The van der Waals surface area contributed by atoms with Gasteiger partial charge in [-0.05, 0) is 77.6 Å². The fourth-order valence-electron chi connectivity index (χ4n) is 9.99. The van der Waals surface area contributed by atoms with Gasteiger partial charge in [0, 0.05) is 95.1 Å². The van der Waals surface area contributed by atoms with Gasteiger partial charge in [-0.3, -0.25) is 9.36 Å². The van der Waals surface area contributed by atoms with E-state index in [-0.39, 0.29) is 33.8 Å². The molecule has 10 rings (SSSR count). The first-order chi connectivity index (χ1) is 33.9. The summed E-state index contributed by atoms with van der Waals surface area (Å²) in [7, 11) is 0. The van der Waals surface area contributed by atoms with Crippen LogP contribution < -0.4 is 4.68 Å². The van der Waals surface area contributed by atoms with E-state index in [0.717, 1.165) is 109 Å². The molecule has 0 spiro atoms. The fourth-order valence-corrected chi connectivity index (χ4v) is 11.9. The zero-order valence-corrected chi connectivity index (χ0v) is 40.7. The quantitative estimate of drug-likeness (QED) is 0.110. The smallest absolute Gasteiger partial charge is 0.257 e. The highest BCUT2D eigenvalue weighted by molar-refractivity contribution is 7.99. The molecule has 2 saturated heterocycles. The Morgan fingerprint density at radius 2 is 1.27 bits per heavy atom. The Morgan fingerprint density at radius 3 is 1.81 bits per heavy atom. The third kappa shape index (κ3) is 9.18. The predicted molar refractivity (Wildman–Crippen MR) is 258 cm³/mol. The van der Waals surface area contributed by atoms with E-state index in [9.17, 15) is 20.7 Å². The molecule has 8 aromatic rings. The lowest BCUT2D eigenvalue weighted by molar-refractivity contribution is -0.667. The molecule has 20 heteroatoms. The van der Waals surface area contributed by atoms with Crippen LogP contribution in [0.1, 0.15) is 74.1 Å². The van der Waals surface area contributed by atoms with Crippen molar-refractivity contribution in [2.75, 3.05) is 39.3 Å². The van der Waals surface area contributed by atoms with Crippen LogP contribution in [0.3, 0.4) is 0 Å². The molecule has 0 radical (unpaired) electrons. The fraction of sp³-hybridized carbons (Fsp3) is 0.360. The molecule has 2 fully saturated rings. The van der Waals surface area contributed by atoms with E-state index in [4.69, 9.17) is 10.2 Å². The summed E-state index contributed by atoms with van der Waals surface area (Å²) in [5.41, 5.74) is 7.09. The minimum absolute atomic E-state index is 0.0635. The van der Waals surface area contributed by atoms with Crippen LogP contribution in [-0.4, -0.2) is 115 Å². The van der Waals surface area contributed by atoms with Gasteiger partial charge in [0.25, 0.3) is 5.69 Å². The lowest BCUT2D eigenvalue weighted by atomic mass is 10.0. The molecule has 16 nitrogen and oxygen atoms in total. The van der Waals surface area contributed by atoms with E-state index in [0.29, 0.717) is 45.2 Å². The minimum Gasteiger partial charge on any atom is -0.392 e. The molecule has 70 heavy (non-hydrogen) atoms. The topological polar surface area (TPSA) is 182 Å². The SMILES string of the molecule is Cc1c(-c2cc(Sc3ncccc3F)c3c(C#N)c[n+](-c4cnc(Sc5cc(-c6cnn(C7CCN(C[C@@H](C)O)CC7)c6C)cn6ncc(C#N)c56)c(F)c4)n3c2)cnn1C1CCN(C[C@H](C)O)CC1. The summed E-state index contributed by atoms with van der Waals surface area (Å²) < 4.78 is 41.1. The van der Waals surface area contributed by atoms with E-state index < -0.39 is 17.7 Å². The average Bonchev–Trinajstić information content (AvgIpc) is 4.14. The van der Waals surface area contributed by atoms with Crippen molar-refractivity contribution < 1.29 is 23.7 Å². The number of rotatable bonds is 13. The van der Waals surface area contributed by atoms with Crippen LogP contribution in [0.25, 0.3) is 39.0 Å². The van der Waals surface area contributed by atoms with Crippen molar-refractivity contribution in [1.29, 1.82) is 10.5 Å². The summed E-state index contributed by atoms with van der Waals surface area (Å²) in [6.07, 6.45) is 16.3. The van der Waals surface area contributed by atoms with Gasteiger partial charge in [-0.1, -0.05) is 28.2 Å². The third-order valence-corrected chi connectivity index (χ3v) is 15.4. The molecule has 10 heterocycles. The van der Waals surface area contributed by atoms with Gasteiger partial charge in [-0.2, -0.15) is 25.8 Å². The van der Waals surface area contributed by atoms with Gasteiger partial charge in [-0.25, -0.2) is 23.3 Å². The number of nitrogens with zero attached hydrogens (tertiary/aromatic N) is 14. The minimum atomic E-state index is -0.631. The molecular formula is C50H51F2N14O2S2+. The summed E-state index contributed by atoms with van der Waals surface area (Å²) in [5, 5.41) is 54.9. The first-order valence-electron chi connectivity index (χ1n) is 23.3. The Bertz CT molecular complexity index is 3330. The molecule has 0 bridgehead atoms. The van der Waals surface area contributed by atoms with Crippen molar-refractivity contribution in [2.24, 2.45) is 0 Å². The highest BCUT2D eigenvalue weighted by Crippen LogP contribution is 2.40. The van der Waals surface area contributed by atoms with Gasteiger partial charge in [0.2, 0.25) is 6.20 Å². The number of hydrogen-bond donors (Lipinski definition) is 2. The number of halogens is 2. The van der Waals surface area contributed by atoms with Crippen LogP contribution in [0, 0.1) is 48.1 Å². The van der Waals surface area contributed by atoms with Crippen molar-refractivity contribution in [3.63, 3.8) is 0 Å². The molecule has 2 atom stereocenters. The van der Waals surface area contributed by atoms with E-state index in [1.165, 1.54) is 36.8 Å². The molecule has 0 aromatic carbocycles. The maximum atomic E-state index is 16.7. The zero-order valence-electron chi connectivity index (χ0n) is 39.1. The van der Waals surface area contributed by atoms with E-state index in [1.807, 2.05) is 57.7 Å². The van der Waals surface area contributed by atoms with Gasteiger partial charge in [0.05, 0.1) is 66.2 Å². The van der Waals surface area contributed by atoms with Crippen LogP contribution in [0.2, 0.25) is 0 Å². The van der Waals surface area contributed by atoms with Crippen LogP contribution >= 0.6 is 23.5 Å². The maximum Gasteiger partial charge on any atom is 0.257 e. The Morgan fingerprint density at radius 1 is 0.714 bits per heavy atom. The van der Waals surface area contributed by atoms with Crippen molar-refractivity contribution in [2.45, 2.75) is 97.5 Å². The number of aliphatic hydroxyl groups excluding tert-OH is 2. The number of likely N-dealkylation sites (tertiary alicyclic amines) is 2. The van der Waals surface area contributed by atoms with Crippen molar-refractivity contribution in [3.05, 3.63) is 114 Å². The van der Waals surface area contributed by atoms with Gasteiger partial charge in [0.15, 0.2) is 11.6 Å². The molecular weight excluding hydrogens is 931 g/mol. The molecule has 0 saturated carbocycles. The van der Waals surface area contributed by atoms with Gasteiger partial charge in [-0.15, -0.1) is 4.52 Å². The number of piperidine rings is 2. The standard InChI is InChI=1S/C50H51F2N14O2S2/c1-30(67)25-60-12-7-38(8-13-60)65-32(3)41(23-58-65)34-16-45(47-36(19-53)21-57-62(47)27-34)69-50-44(52)18-40(22-56-50)63-29-37(20-54)48-46(70-49-43(51)6-5-11-55-49)17-35(28-64(48)63)42-24-59-66(33(42)4)39-9-14-61(15-10-39)26-31(2)68/h5-6,11,16-18,21-24,27-31,38-39,67-68H,7-10,12-15,25-26H2,1-4H3/q+1/t30-,31+/m1/s1. The number of β-amino-alcohol motifs (C(OH)–C–C–N with tert-alkyl or cyclic N) is 2. The first kappa shape index (κ1) is 47.2. The Kier molecular flexibility index (Phi) is 13.3. The van der Waals surface area contributed by atoms with Crippen LogP contribution in [-0.2, 0) is 0 Å². The highest BCUT2D eigenvalue weighted by Gasteiger charge is 2.30. The number of aliphatic hydroxyl groups is 2. The summed E-state index contributed by atoms with van der Waals surface area (Å²) >= 11 is 2.18. The summed E-state index contributed by atoms with van der Waals surface area (Å²) in [4.78, 5) is 14.6. The van der Waals surface area contributed by atoms with Crippen molar-refractivity contribution >= 4 is 34.6 Å². The number of nitriles is 2. The van der Waals surface area contributed by atoms with Gasteiger partial charge >= 0.3 is 0 Å². The Labute approximate surface area is 411 Å². The second kappa shape index (κ2) is 19.7. The molecule has 358 valence electrons. The lowest BCUT2D eigenvalue weighted by Crippen LogP contribution is -2.39. The first-order valence-corrected chi connectivity index (χ1v) is 24.9. The van der Waals surface area contributed by atoms with Crippen LogP contribution in [0.15, 0.2) is 99.7 Å². The van der Waals surface area contributed by atoms with E-state index in [2.05, 4.69) is 46.4 Å². The van der Waals surface area contributed by atoms with Crippen LogP contribution in [0.5, 0.6) is 0 Å². The third-order valence-electron chi connectivity index (χ3n) is 13.3. The number of pyridine rings is 4. The van der Waals surface area contributed by atoms with Crippen molar-refractivity contribution in [1.82, 2.24) is 53.5 Å². The zero-order chi connectivity index (χ0) is 48.8. The Balaban J connectivity index is 0.998. The number of hydrogen-bond acceptors (Lipinski definition) is 13. The highest BCUT2D eigenvalue weighted by atomic mass is 32.2. The Hall–Kier alpha value is -6.52. The van der Waals surface area contributed by atoms with Crippen LogP contribution in [0.4, 0.5) is 8.78 Å². The van der Waals surface area contributed by atoms with E-state index >= 15 is 8.78 Å². The number of fused-ring (bicyclic) bond motifs is 2. The maximum absolute atomic E-state index is 16.7. The normalized spacial score (nSPS) is 16.3. The second-order valence-electron chi connectivity index (χ2n) is 18.3. The molecule has 0 unspecified atom stereocenters. The number of aromatic nitrogens is 10. The van der Waals surface area contributed by atoms with E-state index in [1.54, 1.807) is 26.8 Å².